The zero-order chi connectivity index (χ0) is 48.4. The first-order valence-corrected chi connectivity index (χ1v) is 22.6. The van der Waals surface area contributed by atoms with Crippen LogP contribution in [0.5, 0.6) is 0 Å². The second-order valence-electron chi connectivity index (χ2n) is 17.8. The zero-order valence-electron chi connectivity index (χ0n) is 37.8. The highest BCUT2D eigenvalue weighted by molar-refractivity contribution is 5.71. The Labute approximate surface area is 381 Å². The van der Waals surface area contributed by atoms with E-state index in [1.165, 1.54) is 13.0 Å². The Kier molecular flexibility index (Phi) is 23.8. The van der Waals surface area contributed by atoms with E-state index < -0.39 is 141 Å². The normalized spacial score (nSPS) is 45.2. The van der Waals surface area contributed by atoms with Gasteiger partial charge >= 0.3 is 11.9 Å². The number of allylic oxidation sites excluding steroid dienone is 10. The summed E-state index contributed by atoms with van der Waals surface area (Å²) in [6.45, 7) is 6.78. The number of carbonyl (C=O) groups excluding carboxylic acids is 1. The lowest BCUT2D eigenvalue weighted by atomic mass is 9.82. The van der Waals surface area contributed by atoms with Crippen LogP contribution in [0, 0.1) is 17.8 Å². The second-order valence-corrected chi connectivity index (χ2v) is 17.8. The SMILES string of the molecule is C[C@@H]1[C@H](O)[C@@H](C)/C=C\C=C/CC\C=C/C=C\C=C/C=C\[C@H](O[C@@H]2O[C@H](C)[C@@H](O)[C@H](N)[C@@H]2O)C[C@@H]2O[C@](O)(C[C@@H](O)[C@H](O)CC[C@@H](O)C[C@@H](O)C[C@@H](O)CC(=O)O[C@H]1C)C[C@H](O)[C@H]2C(=O)O. The van der Waals surface area contributed by atoms with E-state index in [1.54, 1.807) is 38.2 Å². The molecular formula is C47H75NO17. The van der Waals surface area contributed by atoms with E-state index in [9.17, 15) is 65.8 Å². The van der Waals surface area contributed by atoms with E-state index in [0.717, 1.165) is 12.8 Å². The van der Waals surface area contributed by atoms with Crippen LogP contribution in [0.1, 0.15) is 91.9 Å². The van der Waals surface area contributed by atoms with Crippen LogP contribution in [-0.4, -0.2) is 166 Å². The molecule has 0 amide bonds. The van der Waals surface area contributed by atoms with Gasteiger partial charge in [0.15, 0.2) is 12.1 Å². The van der Waals surface area contributed by atoms with Gasteiger partial charge in [0, 0.05) is 31.1 Å². The Balaban J connectivity index is 1.84. The fourth-order valence-corrected chi connectivity index (χ4v) is 8.11. The maximum absolute atomic E-state index is 12.6. The van der Waals surface area contributed by atoms with E-state index >= 15 is 0 Å². The lowest BCUT2D eigenvalue weighted by Gasteiger charge is -2.45. The molecule has 2 fully saturated rings. The third-order valence-corrected chi connectivity index (χ3v) is 12.2. The maximum Gasteiger partial charge on any atom is 0.311 e. The summed E-state index contributed by atoms with van der Waals surface area (Å²) in [4.78, 5) is 25.1. The van der Waals surface area contributed by atoms with Crippen LogP contribution in [-0.2, 0) is 28.5 Å². The van der Waals surface area contributed by atoms with Gasteiger partial charge in [-0.2, -0.15) is 0 Å². The summed E-state index contributed by atoms with van der Waals surface area (Å²) in [5.74, 6) is -6.82. The van der Waals surface area contributed by atoms with Gasteiger partial charge in [0.2, 0.25) is 0 Å². The van der Waals surface area contributed by atoms with Crippen LogP contribution in [0.3, 0.4) is 0 Å². The van der Waals surface area contributed by atoms with E-state index in [-0.39, 0.29) is 38.0 Å². The number of hydrogen-bond acceptors (Lipinski definition) is 17. The van der Waals surface area contributed by atoms with Crippen LogP contribution in [0.15, 0.2) is 72.9 Å². The van der Waals surface area contributed by atoms with Crippen molar-refractivity contribution in [3.8, 4) is 0 Å². The number of aliphatic hydroxyl groups excluding tert-OH is 9. The molecule has 13 N–H and O–H groups in total. The standard InChI is InChI=1S/C47H75NO17/c1-27-17-15-13-11-9-7-5-6-8-10-12-14-16-18-34(64-46-44(58)41(48)43(57)30(4)63-46)24-38-40(45(59)60)37(54)26-47(61,65-38)25-36(53)35(52)20-19-31(49)21-32(50)22-33(51)23-39(55)62-29(3)28(2)42(27)56/h5-6,8,10-18,27-38,40-44,46,49-54,56-58,61H,7,9,19-26,48H2,1-4H3,(H,59,60)/b6-5-,10-8-,13-11-,14-12-,17-15-,18-16-/t27-,28-,29-,30+,31+,32+,33+,34-,35+,36+,37-,38-,40+,41-,42+,43+,44-,46-,47+/m0/s1. The van der Waals surface area contributed by atoms with Gasteiger partial charge in [-0.1, -0.05) is 86.8 Å². The van der Waals surface area contributed by atoms with Crippen LogP contribution < -0.4 is 5.73 Å². The summed E-state index contributed by atoms with van der Waals surface area (Å²) in [7, 11) is 0. The van der Waals surface area contributed by atoms with Crippen LogP contribution in [0.25, 0.3) is 0 Å². The average molecular weight is 926 g/mol. The fourth-order valence-electron chi connectivity index (χ4n) is 8.11. The molecule has 3 rings (SSSR count). The molecule has 0 aromatic heterocycles. The van der Waals surface area contributed by atoms with Gasteiger partial charge in [0.1, 0.15) is 18.1 Å². The Morgan fingerprint density at radius 1 is 0.692 bits per heavy atom. The average Bonchev–Trinajstić information content (AvgIpc) is 3.21. The highest BCUT2D eigenvalue weighted by Gasteiger charge is 2.51. The molecule has 0 aromatic rings. The molecule has 3 heterocycles. The van der Waals surface area contributed by atoms with E-state index in [4.69, 9.17) is 24.7 Å². The van der Waals surface area contributed by atoms with Crippen molar-refractivity contribution in [3.63, 3.8) is 0 Å². The van der Waals surface area contributed by atoms with Crippen LogP contribution in [0.2, 0.25) is 0 Å². The number of nitrogens with two attached hydrogens (primary N) is 1. The predicted molar refractivity (Wildman–Crippen MR) is 237 cm³/mol. The third kappa shape index (κ3) is 18.8. The first-order valence-electron chi connectivity index (χ1n) is 22.6. The molecule has 0 aliphatic carbocycles. The summed E-state index contributed by atoms with van der Waals surface area (Å²) < 4.78 is 23.2. The van der Waals surface area contributed by atoms with Gasteiger partial charge < -0.3 is 80.9 Å². The summed E-state index contributed by atoms with van der Waals surface area (Å²) in [5, 5.41) is 118. The Morgan fingerprint density at radius 2 is 1.28 bits per heavy atom. The van der Waals surface area contributed by atoms with E-state index in [2.05, 4.69) is 0 Å². The molecule has 18 nitrogen and oxygen atoms in total. The van der Waals surface area contributed by atoms with Crippen molar-refractivity contribution < 1.29 is 84.7 Å². The molecule has 0 unspecified atom stereocenters. The Morgan fingerprint density at radius 3 is 1.94 bits per heavy atom. The molecule has 18 heteroatoms. The van der Waals surface area contributed by atoms with Crippen molar-refractivity contribution in [1.29, 1.82) is 0 Å². The Hall–Kier alpha value is -3.18. The lowest BCUT2D eigenvalue weighted by Crippen LogP contribution is -2.61. The monoisotopic (exact) mass is 926 g/mol. The van der Waals surface area contributed by atoms with Crippen molar-refractivity contribution in [2.75, 3.05) is 0 Å². The van der Waals surface area contributed by atoms with Crippen molar-refractivity contribution in [1.82, 2.24) is 0 Å². The molecule has 3 aliphatic rings. The molecule has 0 aromatic carbocycles. The summed E-state index contributed by atoms with van der Waals surface area (Å²) >= 11 is 0. The van der Waals surface area contributed by atoms with Gasteiger partial charge in [0.25, 0.3) is 0 Å². The maximum atomic E-state index is 12.6. The summed E-state index contributed by atoms with van der Waals surface area (Å²) in [6, 6.07) is -1.14. The Bertz CT molecular complexity index is 1620. The van der Waals surface area contributed by atoms with Crippen LogP contribution >= 0.6 is 0 Å². The van der Waals surface area contributed by atoms with Gasteiger partial charge in [-0.15, -0.1) is 0 Å². The number of carboxylic acids is 1. The quantitative estimate of drug-likeness (QED) is 0.175. The number of carbonyl (C=O) groups is 2. The molecule has 0 radical (unpaired) electrons. The molecule has 370 valence electrons. The van der Waals surface area contributed by atoms with Crippen molar-refractivity contribution >= 4 is 11.9 Å². The largest absolute Gasteiger partial charge is 0.481 e. The molecule has 65 heavy (non-hydrogen) atoms. The minimum Gasteiger partial charge on any atom is -0.481 e. The molecule has 2 bridgehead atoms. The van der Waals surface area contributed by atoms with Crippen LogP contribution in [0.4, 0.5) is 0 Å². The topological polar surface area (TPSA) is 320 Å². The minimum absolute atomic E-state index is 0.138. The van der Waals surface area contributed by atoms with Crippen molar-refractivity contribution in [2.45, 2.75) is 189 Å². The molecule has 2 saturated heterocycles. The molecule has 0 saturated carbocycles. The van der Waals surface area contributed by atoms with Gasteiger partial charge in [-0.05, 0) is 52.4 Å². The number of hydrogen-bond donors (Lipinski definition) is 12. The lowest BCUT2D eigenvalue weighted by molar-refractivity contribution is -0.310. The summed E-state index contributed by atoms with van der Waals surface area (Å²) in [5.41, 5.74) is 6.02. The number of rotatable bonds is 3. The number of carboxylic acid groups (broad SMARTS) is 1. The second kappa shape index (κ2) is 27.6. The predicted octanol–water partition coefficient (Wildman–Crippen LogP) is 0.936. The fraction of sp³-hybridized carbons (Fsp3) is 0.702. The van der Waals surface area contributed by atoms with Gasteiger partial charge in [-0.3, -0.25) is 9.59 Å². The molecule has 19 atom stereocenters. The highest BCUT2D eigenvalue weighted by Crippen LogP contribution is 2.38. The number of fused-ring (bicyclic) bond motifs is 2. The molecule has 0 spiro atoms. The number of aliphatic hydroxyl groups is 10. The van der Waals surface area contributed by atoms with Crippen molar-refractivity contribution in [3.05, 3.63) is 72.9 Å². The minimum atomic E-state index is -2.35. The highest BCUT2D eigenvalue weighted by atomic mass is 16.7. The van der Waals surface area contributed by atoms with E-state index in [0.29, 0.717) is 0 Å². The van der Waals surface area contributed by atoms with Gasteiger partial charge in [-0.25, -0.2) is 0 Å². The number of aliphatic carboxylic acids is 1. The molecular weight excluding hydrogens is 851 g/mol. The van der Waals surface area contributed by atoms with Crippen molar-refractivity contribution in [2.24, 2.45) is 23.5 Å². The first kappa shape index (κ1) is 56.1. The number of cyclic esters (lactones) is 1. The molecule has 3 aliphatic heterocycles. The van der Waals surface area contributed by atoms with E-state index in [1.807, 2.05) is 49.5 Å². The smallest absolute Gasteiger partial charge is 0.311 e. The number of ether oxygens (including phenoxy) is 4. The first-order chi connectivity index (χ1) is 30.6. The number of esters is 1. The third-order valence-electron chi connectivity index (χ3n) is 12.2. The van der Waals surface area contributed by atoms with Gasteiger partial charge in [0.05, 0.1) is 79.6 Å². The zero-order valence-corrected chi connectivity index (χ0v) is 37.8. The summed E-state index contributed by atoms with van der Waals surface area (Å²) in [6.07, 6.45) is 2.28.